The molecule has 0 unspecified atom stereocenters. The van der Waals surface area contributed by atoms with Gasteiger partial charge in [-0.2, -0.15) is 10.1 Å². The number of hydroxylamine groups is 1. The van der Waals surface area contributed by atoms with E-state index in [1.54, 1.807) is 13.8 Å². The Morgan fingerprint density at radius 1 is 1.56 bits per heavy atom. The number of hydrogen-bond acceptors (Lipinski definition) is 5. The number of aryl methyl sites for hydroxylation is 1. The summed E-state index contributed by atoms with van der Waals surface area (Å²) in [7, 11) is 0. The molecule has 1 N–H and O–H groups in total. The quantitative estimate of drug-likeness (QED) is 0.744. The predicted octanol–water partition coefficient (Wildman–Crippen LogP) is 0.114. The lowest BCUT2D eigenvalue weighted by Crippen LogP contribution is -2.25. The van der Waals surface area contributed by atoms with Gasteiger partial charge in [0.1, 0.15) is 6.33 Å². The first-order valence-corrected chi connectivity index (χ1v) is 4.81. The van der Waals surface area contributed by atoms with Crippen molar-refractivity contribution in [3.63, 3.8) is 0 Å². The van der Waals surface area contributed by atoms with Crippen molar-refractivity contribution in [1.29, 1.82) is 0 Å². The minimum atomic E-state index is -0.343. The van der Waals surface area contributed by atoms with Crippen LogP contribution < -0.4 is 5.48 Å². The first-order valence-electron chi connectivity index (χ1n) is 4.81. The summed E-state index contributed by atoms with van der Waals surface area (Å²) in [5, 5.41) is 3.96. The van der Waals surface area contributed by atoms with E-state index >= 15 is 0 Å². The Morgan fingerprint density at radius 3 is 3.12 bits per heavy atom. The van der Waals surface area contributed by atoms with Crippen LogP contribution in [0.3, 0.4) is 0 Å². The molecule has 1 amide bonds. The highest BCUT2D eigenvalue weighted by Gasteiger charge is 2.13. The van der Waals surface area contributed by atoms with Crippen LogP contribution in [-0.4, -0.2) is 32.1 Å². The Balaban J connectivity index is 2.37. The summed E-state index contributed by atoms with van der Waals surface area (Å²) in [5.41, 5.74) is 3.38. The van der Waals surface area contributed by atoms with E-state index < -0.39 is 0 Å². The van der Waals surface area contributed by atoms with E-state index in [-0.39, 0.29) is 5.91 Å². The second kappa shape index (κ2) is 4.23. The standard InChI is InChI=1S/C9H11N5O2/c1-3-16-13-8(15)7-4-10-9-11-5-12-14(9)6(7)2/h4-5H,3H2,1-2H3,(H,13,15). The molecule has 0 radical (unpaired) electrons. The highest BCUT2D eigenvalue weighted by molar-refractivity contribution is 5.94. The molecule has 2 heterocycles. The van der Waals surface area contributed by atoms with Crippen molar-refractivity contribution in [3.8, 4) is 0 Å². The summed E-state index contributed by atoms with van der Waals surface area (Å²) in [6, 6.07) is 0. The minimum Gasteiger partial charge on any atom is -0.274 e. The average Bonchev–Trinajstić information content (AvgIpc) is 2.75. The molecule has 84 valence electrons. The lowest BCUT2D eigenvalue weighted by atomic mass is 10.2. The fourth-order valence-electron chi connectivity index (χ4n) is 1.31. The summed E-state index contributed by atoms with van der Waals surface area (Å²) in [5.74, 6) is 0.120. The van der Waals surface area contributed by atoms with Gasteiger partial charge >= 0.3 is 0 Å². The molecule has 0 spiro atoms. The number of nitrogens with one attached hydrogen (secondary N) is 1. The monoisotopic (exact) mass is 221 g/mol. The summed E-state index contributed by atoms with van der Waals surface area (Å²) in [6.07, 6.45) is 2.84. The van der Waals surface area contributed by atoms with Gasteiger partial charge < -0.3 is 0 Å². The molecule has 0 aliphatic rings. The summed E-state index contributed by atoms with van der Waals surface area (Å²) < 4.78 is 1.50. The Bertz CT molecular complexity index is 522. The SMILES string of the molecule is CCONC(=O)c1cnc2ncnn2c1C. The van der Waals surface area contributed by atoms with Gasteiger partial charge in [0, 0.05) is 6.20 Å². The zero-order valence-electron chi connectivity index (χ0n) is 8.97. The summed E-state index contributed by atoms with van der Waals surface area (Å²) >= 11 is 0. The molecule has 0 aliphatic heterocycles. The Kier molecular flexibility index (Phi) is 2.78. The third-order valence-corrected chi connectivity index (χ3v) is 2.10. The van der Waals surface area contributed by atoms with Crippen LogP contribution in [0.5, 0.6) is 0 Å². The highest BCUT2D eigenvalue weighted by atomic mass is 16.6. The molecule has 0 saturated heterocycles. The lowest BCUT2D eigenvalue weighted by Gasteiger charge is -2.06. The van der Waals surface area contributed by atoms with Crippen LogP contribution in [0.1, 0.15) is 23.0 Å². The van der Waals surface area contributed by atoms with Crippen molar-refractivity contribution in [2.45, 2.75) is 13.8 Å². The third kappa shape index (κ3) is 1.72. The largest absolute Gasteiger partial charge is 0.278 e. The van der Waals surface area contributed by atoms with Crippen LogP contribution in [0.25, 0.3) is 5.78 Å². The maximum absolute atomic E-state index is 11.7. The molecule has 0 bridgehead atoms. The van der Waals surface area contributed by atoms with E-state index in [0.717, 1.165) is 0 Å². The Labute approximate surface area is 91.4 Å². The summed E-state index contributed by atoms with van der Waals surface area (Å²) in [4.78, 5) is 24.4. The average molecular weight is 221 g/mol. The molecule has 0 fully saturated rings. The summed E-state index contributed by atoms with van der Waals surface area (Å²) in [6.45, 7) is 3.96. The van der Waals surface area contributed by atoms with Gasteiger partial charge in [-0.25, -0.2) is 15.0 Å². The number of amides is 1. The Morgan fingerprint density at radius 2 is 2.38 bits per heavy atom. The second-order valence-corrected chi connectivity index (χ2v) is 3.09. The molecular formula is C9H11N5O2. The first kappa shape index (κ1) is 10.5. The molecule has 2 aromatic rings. The van der Waals surface area contributed by atoms with Crippen LogP contribution in [0.4, 0.5) is 0 Å². The number of hydrogen-bond donors (Lipinski definition) is 1. The smallest absolute Gasteiger partial charge is 0.274 e. The van der Waals surface area contributed by atoms with Gasteiger partial charge in [0.25, 0.3) is 11.7 Å². The lowest BCUT2D eigenvalue weighted by molar-refractivity contribution is 0.0363. The van der Waals surface area contributed by atoms with Crippen molar-refractivity contribution < 1.29 is 9.63 Å². The van der Waals surface area contributed by atoms with Crippen LogP contribution in [0, 0.1) is 6.92 Å². The fraction of sp³-hybridized carbons (Fsp3) is 0.333. The maximum Gasteiger partial charge on any atom is 0.278 e. The molecule has 0 atom stereocenters. The zero-order chi connectivity index (χ0) is 11.5. The fourth-order valence-corrected chi connectivity index (χ4v) is 1.31. The van der Waals surface area contributed by atoms with Crippen LogP contribution >= 0.6 is 0 Å². The van der Waals surface area contributed by atoms with E-state index in [4.69, 9.17) is 4.84 Å². The molecule has 0 aromatic carbocycles. The molecule has 2 aromatic heterocycles. The van der Waals surface area contributed by atoms with Gasteiger partial charge in [0.15, 0.2) is 0 Å². The number of carbonyl (C=O) groups is 1. The van der Waals surface area contributed by atoms with Gasteiger partial charge in [-0.05, 0) is 13.8 Å². The highest BCUT2D eigenvalue weighted by Crippen LogP contribution is 2.06. The van der Waals surface area contributed by atoms with Crippen LogP contribution in [-0.2, 0) is 4.84 Å². The van der Waals surface area contributed by atoms with Gasteiger partial charge in [-0.1, -0.05) is 0 Å². The normalized spacial score (nSPS) is 10.6. The first-order chi connectivity index (χ1) is 7.74. The number of nitrogens with zero attached hydrogens (tertiary/aromatic N) is 4. The molecule has 7 heteroatoms. The zero-order valence-corrected chi connectivity index (χ0v) is 8.97. The third-order valence-electron chi connectivity index (χ3n) is 2.10. The van der Waals surface area contributed by atoms with E-state index in [0.29, 0.717) is 23.6 Å². The topological polar surface area (TPSA) is 81.4 Å². The van der Waals surface area contributed by atoms with E-state index in [1.165, 1.54) is 17.0 Å². The van der Waals surface area contributed by atoms with Crippen molar-refractivity contribution in [3.05, 3.63) is 23.8 Å². The van der Waals surface area contributed by atoms with E-state index in [2.05, 4.69) is 20.5 Å². The number of rotatable bonds is 3. The molecular weight excluding hydrogens is 210 g/mol. The number of carbonyl (C=O) groups excluding carboxylic acids is 1. The second-order valence-electron chi connectivity index (χ2n) is 3.09. The number of fused-ring (bicyclic) bond motifs is 1. The Hall–Kier alpha value is -2.02. The predicted molar refractivity (Wildman–Crippen MR) is 54.6 cm³/mol. The molecule has 2 rings (SSSR count). The molecule has 16 heavy (non-hydrogen) atoms. The van der Waals surface area contributed by atoms with E-state index in [9.17, 15) is 4.79 Å². The minimum absolute atomic E-state index is 0.343. The van der Waals surface area contributed by atoms with Gasteiger partial charge in [-0.3, -0.25) is 9.63 Å². The maximum atomic E-state index is 11.7. The van der Waals surface area contributed by atoms with E-state index in [1.807, 2.05) is 0 Å². The molecule has 7 nitrogen and oxygen atoms in total. The van der Waals surface area contributed by atoms with Gasteiger partial charge in [0.2, 0.25) is 0 Å². The van der Waals surface area contributed by atoms with Crippen molar-refractivity contribution >= 4 is 11.7 Å². The van der Waals surface area contributed by atoms with Gasteiger partial charge in [0.05, 0.1) is 17.9 Å². The van der Waals surface area contributed by atoms with Crippen LogP contribution in [0.2, 0.25) is 0 Å². The van der Waals surface area contributed by atoms with Gasteiger partial charge in [-0.15, -0.1) is 0 Å². The van der Waals surface area contributed by atoms with Crippen LogP contribution in [0.15, 0.2) is 12.5 Å². The van der Waals surface area contributed by atoms with Crippen molar-refractivity contribution in [1.82, 2.24) is 25.1 Å². The molecule has 0 saturated carbocycles. The van der Waals surface area contributed by atoms with Crippen molar-refractivity contribution in [2.24, 2.45) is 0 Å². The molecule has 0 aliphatic carbocycles. The van der Waals surface area contributed by atoms with Crippen molar-refractivity contribution in [2.75, 3.05) is 6.61 Å². The number of aromatic nitrogens is 4.